The summed E-state index contributed by atoms with van der Waals surface area (Å²) in [5.41, 5.74) is 0. The molecule has 0 unspecified atom stereocenters. The Morgan fingerprint density at radius 1 is 1.80 bits per heavy atom. The first-order valence-electron chi connectivity index (χ1n) is 3.24. The van der Waals surface area contributed by atoms with Crippen LogP contribution in [0.4, 0.5) is 4.39 Å². The zero-order chi connectivity index (χ0) is 7.98. The maximum atomic E-state index is 11.8. The molecular formula is C6H12FNO2. The van der Waals surface area contributed by atoms with Gasteiger partial charge in [0.15, 0.2) is 0 Å². The minimum atomic E-state index is -1.13. The highest BCUT2D eigenvalue weighted by molar-refractivity contribution is 5.73. The number of alkyl halides is 1. The predicted molar refractivity (Wildman–Crippen MR) is 35.7 cm³/mol. The topological polar surface area (TPSA) is 49.3 Å². The van der Waals surface area contributed by atoms with Crippen LogP contribution in [0.15, 0.2) is 0 Å². The van der Waals surface area contributed by atoms with Gasteiger partial charge in [-0.25, -0.2) is 4.39 Å². The number of hydrogen-bond donors (Lipinski definition) is 2. The van der Waals surface area contributed by atoms with E-state index < -0.39 is 18.7 Å². The summed E-state index contributed by atoms with van der Waals surface area (Å²) in [5.74, 6) is -1.13. The molecule has 0 saturated carbocycles. The molecule has 0 aliphatic carbocycles. The summed E-state index contributed by atoms with van der Waals surface area (Å²) in [7, 11) is 0. The van der Waals surface area contributed by atoms with Crippen molar-refractivity contribution in [1.29, 1.82) is 0 Å². The van der Waals surface area contributed by atoms with Crippen LogP contribution in [-0.2, 0) is 4.79 Å². The van der Waals surface area contributed by atoms with Crippen molar-refractivity contribution in [3.63, 3.8) is 0 Å². The van der Waals surface area contributed by atoms with E-state index in [1.165, 1.54) is 0 Å². The number of halogens is 1. The second kappa shape index (κ2) is 5.17. The van der Waals surface area contributed by atoms with Gasteiger partial charge in [0, 0.05) is 0 Å². The van der Waals surface area contributed by atoms with Gasteiger partial charge in [-0.15, -0.1) is 0 Å². The van der Waals surface area contributed by atoms with E-state index in [9.17, 15) is 9.18 Å². The molecule has 0 aliphatic heterocycles. The summed E-state index contributed by atoms with van der Waals surface area (Å²) in [5, 5.41) is 10.8. The number of carbonyl (C=O) groups is 1. The predicted octanol–water partition coefficient (Wildman–Crippen LogP) is 0.409. The molecule has 0 aromatic rings. The Labute approximate surface area is 59.2 Å². The minimum Gasteiger partial charge on any atom is -0.480 e. The first-order valence-corrected chi connectivity index (χ1v) is 3.24. The number of hydrogen-bond acceptors (Lipinski definition) is 2. The molecule has 0 saturated heterocycles. The van der Waals surface area contributed by atoms with Crippen LogP contribution in [0.5, 0.6) is 0 Å². The summed E-state index contributed by atoms with van der Waals surface area (Å²) in [6.07, 6.45) is 0.809. The lowest BCUT2D eigenvalue weighted by Crippen LogP contribution is -2.38. The summed E-state index contributed by atoms with van der Waals surface area (Å²) >= 11 is 0. The average molecular weight is 149 g/mol. The Hall–Kier alpha value is -0.640. The molecule has 2 N–H and O–H groups in total. The van der Waals surface area contributed by atoms with E-state index in [1.54, 1.807) is 0 Å². The number of nitrogens with one attached hydrogen (secondary N) is 1. The lowest BCUT2D eigenvalue weighted by molar-refractivity contribution is -0.139. The lowest BCUT2D eigenvalue weighted by Gasteiger charge is -2.07. The van der Waals surface area contributed by atoms with Crippen molar-refractivity contribution >= 4 is 5.97 Å². The molecule has 0 aromatic carbocycles. The second-order valence-corrected chi connectivity index (χ2v) is 2.00. The van der Waals surface area contributed by atoms with Crippen LogP contribution in [0.3, 0.4) is 0 Å². The van der Waals surface area contributed by atoms with Crippen molar-refractivity contribution in [3.05, 3.63) is 0 Å². The number of rotatable bonds is 5. The Balaban J connectivity index is 3.50. The highest BCUT2D eigenvalue weighted by atomic mass is 19.1. The normalized spacial score (nSPS) is 13.0. The van der Waals surface area contributed by atoms with Crippen LogP contribution in [-0.4, -0.2) is 30.3 Å². The quantitative estimate of drug-likeness (QED) is 0.595. The zero-order valence-electron chi connectivity index (χ0n) is 5.93. The van der Waals surface area contributed by atoms with Gasteiger partial charge in [-0.3, -0.25) is 4.79 Å². The van der Waals surface area contributed by atoms with Gasteiger partial charge in [0.05, 0.1) is 0 Å². The summed E-state index contributed by atoms with van der Waals surface area (Å²) in [6.45, 7) is 1.58. The Kier molecular flexibility index (Phi) is 4.84. The molecule has 0 bridgehead atoms. The van der Waals surface area contributed by atoms with Crippen molar-refractivity contribution in [2.45, 2.75) is 19.4 Å². The van der Waals surface area contributed by atoms with Gasteiger partial charge in [-0.1, -0.05) is 6.92 Å². The minimum absolute atomic E-state index is 0.543. The molecule has 0 spiro atoms. The molecule has 3 nitrogen and oxygen atoms in total. The maximum Gasteiger partial charge on any atom is 0.323 e. The molecule has 60 valence electrons. The SMILES string of the molecule is CCCN[C@@H](CF)C(=O)O. The standard InChI is InChI=1S/C6H12FNO2/c1-2-3-8-5(4-7)6(9)10/h5,8H,2-4H2,1H3,(H,9,10)/t5-/m0/s1. The van der Waals surface area contributed by atoms with Gasteiger partial charge in [0.25, 0.3) is 0 Å². The Morgan fingerprint density at radius 3 is 2.70 bits per heavy atom. The van der Waals surface area contributed by atoms with Gasteiger partial charge in [0.2, 0.25) is 0 Å². The van der Waals surface area contributed by atoms with Gasteiger partial charge >= 0.3 is 5.97 Å². The average Bonchev–Trinajstić information content (AvgIpc) is 1.89. The smallest absolute Gasteiger partial charge is 0.323 e. The van der Waals surface area contributed by atoms with Gasteiger partial charge in [0.1, 0.15) is 12.7 Å². The van der Waals surface area contributed by atoms with Crippen LogP contribution in [0.1, 0.15) is 13.3 Å². The fraction of sp³-hybridized carbons (Fsp3) is 0.833. The van der Waals surface area contributed by atoms with E-state index in [0.717, 1.165) is 6.42 Å². The van der Waals surface area contributed by atoms with E-state index in [1.807, 2.05) is 6.92 Å². The van der Waals surface area contributed by atoms with Crippen molar-refractivity contribution in [1.82, 2.24) is 5.32 Å². The monoisotopic (exact) mass is 149 g/mol. The summed E-state index contributed by atoms with van der Waals surface area (Å²) in [6, 6.07) is -1.03. The van der Waals surface area contributed by atoms with E-state index in [-0.39, 0.29) is 0 Å². The molecule has 0 radical (unpaired) electrons. The van der Waals surface area contributed by atoms with Crippen molar-refractivity contribution < 1.29 is 14.3 Å². The van der Waals surface area contributed by atoms with Gasteiger partial charge in [-0.2, -0.15) is 0 Å². The fourth-order valence-corrected chi connectivity index (χ4v) is 0.526. The third kappa shape index (κ3) is 3.40. The molecule has 1 atom stereocenters. The number of carboxylic acid groups (broad SMARTS) is 1. The molecule has 10 heavy (non-hydrogen) atoms. The Morgan fingerprint density at radius 2 is 2.40 bits per heavy atom. The number of aliphatic carboxylic acids is 1. The number of carboxylic acids is 1. The molecular weight excluding hydrogens is 137 g/mol. The van der Waals surface area contributed by atoms with Crippen molar-refractivity contribution in [2.75, 3.05) is 13.2 Å². The van der Waals surface area contributed by atoms with Crippen LogP contribution in [0, 0.1) is 0 Å². The first-order chi connectivity index (χ1) is 4.72. The largest absolute Gasteiger partial charge is 0.480 e. The van der Waals surface area contributed by atoms with E-state index >= 15 is 0 Å². The molecule has 0 rings (SSSR count). The van der Waals surface area contributed by atoms with Gasteiger partial charge in [-0.05, 0) is 13.0 Å². The second-order valence-electron chi connectivity index (χ2n) is 2.00. The molecule has 0 aliphatic rings. The highest BCUT2D eigenvalue weighted by Gasteiger charge is 2.14. The van der Waals surface area contributed by atoms with Crippen molar-refractivity contribution in [3.8, 4) is 0 Å². The van der Waals surface area contributed by atoms with E-state index in [0.29, 0.717) is 6.54 Å². The molecule has 0 heterocycles. The van der Waals surface area contributed by atoms with E-state index in [2.05, 4.69) is 5.32 Å². The maximum absolute atomic E-state index is 11.8. The third-order valence-electron chi connectivity index (χ3n) is 1.09. The molecule has 0 fully saturated rings. The summed E-state index contributed by atoms with van der Waals surface area (Å²) in [4.78, 5) is 10.1. The lowest BCUT2D eigenvalue weighted by atomic mass is 10.3. The van der Waals surface area contributed by atoms with Crippen molar-refractivity contribution in [2.24, 2.45) is 0 Å². The molecule has 4 heteroatoms. The third-order valence-corrected chi connectivity index (χ3v) is 1.09. The van der Waals surface area contributed by atoms with E-state index in [4.69, 9.17) is 5.11 Å². The van der Waals surface area contributed by atoms with Crippen LogP contribution in [0.2, 0.25) is 0 Å². The molecule has 0 amide bonds. The van der Waals surface area contributed by atoms with Crippen LogP contribution >= 0.6 is 0 Å². The van der Waals surface area contributed by atoms with Crippen LogP contribution in [0.25, 0.3) is 0 Å². The molecule has 0 aromatic heterocycles. The fourth-order valence-electron chi connectivity index (χ4n) is 0.526. The zero-order valence-corrected chi connectivity index (χ0v) is 5.93. The van der Waals surface area contributed by atoms with Crippen LogP contribution < -0.4 is 5.32 Å². The first kappa shape index (κ1) is 9.36. The van der Waals surface area contributed by atoms with Gasteiger partial charge < -0.3 is 10.4 Å². The summed E-state index contributed by atoms with van der Waals surface area (Å²) < 4.78 is 11.8. The highest BCUT2D eigenvalue weighted by Crippen LogP contribution is 1.85. The Bertz CT molecular complexity index is 108.